The van der Waals surface area contributed by atoms with E-state index in [2.05, 4.69) is 10.1 Å². The number of aryl methyl sites for hydroxylation is 2. The zero-order valence-electron chi connectivity index (χ0n) is 11.7. The van der Waals surface area contributed by atoms with Gasteiger partial charge in [0.05, 0.1) is 17.2 Å². The smallest absolute Gasteiger partial charge is 0.226 e. The first-order valence-corrected chi connectivity index (χ1v) is 7.68. The fraction of sp³-hybridized carbons (Fsp3) is 0.500. The summed E-state index contributed by atoms with van der Waals surface area (Å²) in [7, 11) is 1.86. The van der Waals surface area contributed by atoms with Crippen molar-refractivity contribution in [3.8, 4) is 0 Å². The zero-order valence-corrected chi connectivity index (χ0v) is 12.6. The molecule has 0 bridgehead atoms. The summed E-state index contributed by atoms with van der Waals surface area (Å²) in [5, 5.41) is 7.32. The molecule has 0 aromatic carbocycles. The van der Waals surface area contributed by atoms with E-state index >= 15 is 0 Å². The summed E-state index contributed by atoms with van der Waals surface area (Å²) < 4.78 is 1.99. The third-order valence-electron chi connectivity index (χ3n) is 3.74. The third kappa shape index (κ3) is 2.60. The molecule has 20 heavy (non-hydrogen) atoms. The largest absolute Gasteiger partial charge is 0.340 e. The van der Waals surface area contributed by atoms with Crippen LogP contribution in [0.3, 0.4) is 0 Å². The molecule has 0 saturated heterocycles. The zero-order chi connectivity index (χ0) is 14.1. The van der Waals surface area contributed by atoms with Crippen molar-refractivity contribution < 1.29 is 4.79 Å². The number of hydrogen-bond acceptors (Lipinski definition) is 4. The van der Waals surface area contributed by atoms with E-state index in [1.54, 1.807) is 16.2 Å². The first-order valence-electron chi connectivity index (χ1n) is 6.80. The fourth-order valence-electron chi connectivity index (χ4n) is 2.69. The van der Waals surface area contributed by atoms with Crippen molar-refractivity contribution in [3.05, 3.63) is 34.0 Å². The highest BCUT2D eigenvalue weighted by molar-refractivity contribution is 7.09. The van der Waals surface area contributed by atoms with Crippen LogP contribution in [0, 0.1) is 12.8 Å². The Morgan fingerprint density at radius 2 is 2.45 bits per heavy atom. The predicted molar refractivity (Wildman–Crippen MR) is 77.4 cm³/mol. The van der Waals surface area contributed by atoms with Gasteiger partial charge >= 0.3 is 0 Å². The minimum absolute atomic E-state index is 0.0731. The molecular formula is C14H18N4OS. The number of rotatable bonds is 3. The van der Waals surface area contributed by atoms with E-state index in [0.717, 1.165) is 35.8 Å². The van der Waals surface area contributed by atoms with Crippen molar-refractivity contribution in [1.82, 2.24) is 19.7 Å². The molecule has 0 N–H and O–H groups in total. The lowest BCUT2D eigenvalue weighted by Gasteiger charge is -2.26. The lowest BCUT2D eigenvalue weighted by Crippen LogP contribution is -2.36. The van der Waals surface area contributed by atoms with Crippen molar-refractivity contribution in [2.45, 2.75) is 32.9 Å². The minimum Gasteiger partial charge on any atom is -0.340 e. The molecule has 6 heteroatoms. The Kier molecular flexibility index (Phi) is 3.56. The average molecular weight is 290 g/mol. The molecule has 5 nitrogen and oxygen atoms in total. The molecule has 0 radical (unpaired) electrons. The Bertz CT molecular complexity index is 618. The molecule has 1 atom stereocenters. The molecule has 1 aliphatic rings. The van der Waals surface area contributed by atoms with Gasteiger partial charge in [-0.2, -0.15) is 5.10 Å². The van der Waals surface area contributed by atoms with Crippen molar-refractivity contribution in [2.75, 3.05) is 7.05 Å². The van der Waals surface area contributed by atoms with Gasteiger partial charge in [-0.1, -0.05) is 0 Å². The topological polar surface area (TPSA) is 51.0 Å². The molecule has 2 aromatic rings. The highest BCUT2D eigenvalue weighted by Gasteiger charge is 2.27. The Hall–Kier alpha value is -1.69. The lowest BCUT2D eigenvalue weighted by molar-refractivity contribution is -0.135. The Balaban J connectivity index is 1.64. The van der Waals surface area contributed by atoms with E-state index in [-0.39, 0.29) is 11.8 Å². The molecule has 1 amide bonds. The van der Waals surface area contributed by atoms with Crippen LogP contribution in [0.1, 0.15) is 22.8 Å². The van der Waals surface area contributed by atoms with E-state index < -0.39 is 0 Å². The highest BCUT2D eigenvalue weighted by atomic mass is 32.1. The van der Waals surface area contributed by atoms with Crippen LogP contribution in [0.25, 0.3) is 0 Å². The summed E-state index contributed by atoms with van der Waals surface area (Å²) >= 11 is 1.62. The Morgan fingerprint density at radius 1 is 1.60 bits per heavy atom. The van der Waals surface area contributed by atoms with Crippen LogP contribution in [0.4, 0.5) is 0 Å². The van der Waals surface area contributed by atoms with Crippen LogP contribution < -0.4 is 0 Å². The number of hydrogen-bond donors (Lipinski definition) is 0. The van der Waals surface area contributed by atoms with Gasteiger partial charge in [0.2, 0.25) is 5.91 Å². The lowest BCUT2D eigenvalue weighted by atomic mass is 9.95. The van der Waals surface area contributed by atoms with Gasteiger partial charge in [0.25, 0.3) is 0 Å². The molecule has 3 heterocycles. The normalized spacial score (nSPS) is 17.8. The van der Waals surface area contributed by atoms with Crippen molar-refractivity contribution >= 4 is 17.2 Å². The van der Waals surface area contributed by atoms with Crippen LogP contribution in [0.2, 0.25) is 0 Å². The fourth-order valence-corrected chi connectivity index (χ4v) is 3.30. The van der Waals surface area contributed by atoms with E-state index in [1.165, 1.54) is 0 Å². The number of fused-ring (bicyclic) bond motifs is 1. The number of carbonyl (C=O) groups excluding carboxylic acids is 1. The molecule has 0 fully saturated rings. The van der Waals surface area contributed by atoms with Crippen LogP contribution in [0.15, 0.2) is 17.6 Å². The van der Waals surface area contributed by atoms with Crippen molar-refractivity contribution in [3.63, 3.8) is 0 Å². The monoisotopic (exact) mass is 290 g/mol. The van der Waals surface area contributed by atoms with E-state index in [4.69, 9.17) is 0 Å². The number of amides is 1. The highest BCUT2D eigenvalue weighted by Crippen LogP contribution is 2.22. The number of nitrogens with zero attached hydrogens (tertiary/aromatic N) is 4. The number of thiazole rings is 1. The van der Waals surface area contributed by atoms with Crippen LogP contribution in [-0.2, 0) is 24.3 Å². The van der Waals surface area contributed by atoms with Crippen LogP contribution in [0.5, 0.6) is 0 Å². The summed E-state index contributed by atoms with van der Waals surface area (Å²) in [5.41, 5.74) is 2.14. The Labute approximate surface area is 122 Å². The Morgan fingerprint density at radius 3 is 3.20 bits per heavy atom. The summed E-state index contributed by atoms with van der Waals surface area (Å²) in [4.78, 5) is 18.7. The molecule has 0 saturated carbocycles. The number of carbonyl (C=O) groups is 1. The van der Waals surface area contributed by atoms with E-state index in [0.29, 0.717) is 6.54 Å². The van der Waals surface area contributed by atoms with Gasteiger partial charge in [-0.15, -0.1) is 11.3 Å². The summed E-state index contributed by atoms with van der Waals surface area (Å²) in [6.07, 6.45) is 3.47. The minimum atomic E-state index is 0.0731. The van der Waals surface area contributed by atoms with Gasteiger partial charge in [0.15, 0.2) is 0 Å². The maximum atomic E-state index is 12.5. The maximum absolute atomic E-state index is 12.5. The summed E-state index contributed by atoms with van der Waals surface area (Å²) in [5.74, 6) is 0.284. The molecular weight excluding hydrogens is 272 g/mol. The molecule has 1 aliphatic heterocycles. The molecule has 0 spiro atoms. The second kappa shape index (κ2) is 5.36. The molecule has 2 aromatic heterocycles. The van der Waals surface area contributed by atoms with Gasteiger partial charge < -0.3 is 4.90 Å². The quantitative estimate of drug-likeness (QED) is 0.867. The second-order valence-corrected chi connectivity index (χ2v) is 6.35. The van der Waals surface area contributed by atoms with Gasteiger partial charge in [-0.05, 0) is 19.4 Å². The van der Waals surface area contributed by atoms with Crippen molar-refractivity contribution in [2.24, 2.45) is 5.92 Å². The SMILES string of the molecule is Cc1nc(CN(C)C(=O)C2CCn3nccc3C2)cs1. The molecule has 1 unspecified atom stereocenters. The molecule has 106 valence electrons. The summed E-state index contributed by atoms with van der Waals surface area (Å²) in [6.45, 7) is 3.42. The van der Waals surface area contributed by atoms with Crippen LogP contribution in [-0.4, -0.2) is 32.6 Å². The predicted octanol–water partition coefficient (Wildman–Crippen LogP) is 1.87. The van der Waals surface area contributed by atoms with E-state index in [9.17, 15) is 4.79 Å². The maximum Gasteiger partial charge on any atom is 0.226 e. The first kappa shape index (κ1) is 13.3. The first-order chi connectivity index (χ1) is 9.63. The van der Waals surface area contributed by atoms with Crippen molar-refractivity contribution in [1.29, 1.82) is 0 Å². The number of aromatic nitrogens is 3. The molecule has 3 rings (SSSR count). The van der Waals surface area contributed by atoms with Gasteiger partial charge in [-0.25, -0.2) is 4.98 Å². The standard InChI is InChI=1S/C14H18N4OS/c1-10-16-12(9-20-10)8-17(2)14(19)11-4-6-18-13(7-11)3-5-15-18/h3,5,9,11H,4,6-8H2,1-2H3. The third-order valence-corrected chi connectivity index (χ3v) is 4.56. The van der Waals surface area contributed by atoms with Gasteiger partial charge in [0, 0.05) is 43.2 Å². The molecule has 0 aliphatic carbocycles. The summed E-state index contributed by atoms with van der Waals surface area (Å²) in [6, 6.07) is 2.00. The second-order valence-electron chi connectivity index (χ2n) is 5.29. The van der Waals surface area contributed by atoms with Gasteiger partial charge in [-0.3, -0.25) is 9.48 Å². The average Bonchev–Trinajstić information content (AvgIpc) is 3.05. The van der Waals surface area contributed by atoms with Gasteiger partial charge in [0.1, 0.15) is 0 Å². The van der Waals surface area contributed by atoms with E-state index in [1.807, 2.05) is 36.3 Å². The van der Waals surface area contributed by atoms with Crippen LogP contribution >= 0.6 is 11.3 Å².